The largest absolute Gasteiger partial charge is 0.366 e. The SMILES string of the molecule is Cc1cccc(C(N)=O)c1NC(=O)C[N+]1(Cc2ccccc2)CCCCCC1. The van der Waals surface area contributed by atoms with Crippen molar-refractivity contribution in [2.75, 3.05) is 25.0 Å². The Labute approximate surface area is 167 Å². The van der Waals surface area contributed by atoms with Gasteiger partial charge in [0.25, 0.3) is 11.8 Å². The standard InChI is InChI=1S/C23H29N3O2/c1-18-10-9-13-20(23(24)28)22(18)25-21(27)17-26(14-7-2-3-8-15-26)16-19-11-5-4-6-12-19/h4-6,9-13H,2-3,7-8,14-17H2,1H3,(H2-,24,25,27,28)/p+1. The fraction of sp³-hybridized carbons (Fsp3) is 0.391. The number of nitrogens with two attached hydrogens (primary N) is 1. The summed E-state index contributed by atoms with van der Waals surface area (Å²) in [6, 6.07) is 15.7. The first-order valence-corrected chi connectivity index (χ1v) is 10.1. The van der Waals surface area contributed by atoms with Crippen molar-refractivity contribution in [1.29, 1.82) is 0 Å². The maximum absolute atomic E-state index is 13.0. The number of carbonyl (C=O) groups excluding carboxylic acids is 2. The van der Waals surface area contributed by atoms with Crippen LogP contribution in [0.15, 0.2) is 48.5 Å². The van der Waals surface area contributed by atoms with Gasteiger partial charge in [-0.3, -0.25) is 9.59 Å². The molecular formula is C23H30N3O2+. The maximum atomic E-state index is 13.0. The number of benzene rings is 2. The highest BCUT2D eigenvalue weighted by molar-refractivity contribution is 6.04. The number of hydrogen-bond acceptors (Lipinski definition) is 2. The van der Waals surface area contributed by atoms with Gasteiger partial charge < -0.3 is 15.5 Å². The van der Waals surface area contributed by atoms with E-state index in [-0.39, 0.29) is 5.91 Å². The average Bonchev–Trinajstić information content (AvgIpc) is 2.89. The number of likely N-dealkylation sites (tertiary alicyclic amines) is 1. The van der Waals surface area contributed by atoms with E-state index in [1.54, 1.807) is 12.1 Å². The van der Waals surface area contributed by atoms with E-state index in [2.05, 4.69) is 29.6 Å². The number of primary amides is 1. The Morgan fingerprint density at radius 3 is 2.29 bits per heavy atom. The number of nitrogens with one attached hydrogen (secondary N) is 1. The minimum absolute atomic E-state index is 0.0605. The number of aryl methyl sites for hydroxylation is 1. The number of para-hydroxylation sites is 1. The lowest BCUT2D eigenvalue weighted by molar-refractivity contribution is -0.932. The summed E-state index contributed by atoms with van der Waals surface area (Å²) < 4.78 is 0.758. The Morgan fingerprint density at radius 1 is 0.964 bits per heavy atom. The van der Waals surface area contributed by atoms with E-state index in [4.69, 9.17) is 5.73 Å². The molecule has 28 heavy (non-hydrogen) atoms. The van der Waals surface area contributed by atoms with E-state index in [1.165, 1.54) is 18.4 Å². The second kappa shape index (κ2) is 9.02. The Hall–Kier alpha value is -2.66. The van der Waals surface area contributed by atoms with Gasteiger partial charge in [0.2, 0.25) is 0 Å². The Morgan fingerprint density at radius 2 is 1.64 bits per heavy atom. The van der Waals surface area contributed by atoms with Crippen molar-refractivity contribution in [3.8, 4) is 0 Å². The molecule has 0 aromatic heterocycles. The molecule has 1 aliphatic heterocycles. The number of nitrogens with zero attached hydrogens (tertiary/aromatic N) is 1. The van der Waals surface area contributed by atoms with Crippen molar-refractivity contribution in [3.05, 3.63) is 65.2 Å². The van der Waals surface area contributed by atoms with Gasteiger partial charge in [-0.15, -0.1) is 0 Å². The van der Waals surface area contributed by atoms with Gasteiger partial charge in [0, 0.05) is 5.56 Å². The monoisotopic (exact) mass is 380 g/mol. The van der Waals surface area contributed by atoms with Crippen LogP contribution in [0.2, 0.25) is 0 Å². The number of amides is 2. The molecule has 0 unspecified atom stereocenters. The van der Waals surface area contributed by atoms with Crippen LogP contribution >= 0.6 is 0 Å². The van der Waals surface area contributed by atoms with E-state index in [0.29, 0.717) is 17.8 Å². The molecule has 0 bridgehead atoms. The zero-order valence-electron chi connectivity index (χ0n) is 16.6. The van der Waals surface area contributed by atoms with Gasteiger partial charge in [-0.1, -0.05) is 42.5 Å². The molecule has 0 saturated carbocycles. The predicted molar refractivity (Wildman–Crippen MR) is 112 cm³/mol. The summed E-state index contributed by atoms with van der Waals surface area (Å²) in [6.07, 6.45) is 4.72. The lowest BCUT2D eigenvalue weighted by Gasteiger charge is -2.37. The van der Waals surface area contributed by atoms with Crippen LogP contribution in [0.3, 0.4) is 0 Å². The Bertz CT molecular complexity index is 825. The Kier molecular flexibility index (Phi) is 6.47. The summed E-state index contributed by atoms with van der Waals surface area (Å²) >= 11 is 0. The van der Waals surface area contributed by atoms with Crippen molar-refractivity contribution in [2.24, 2.45) is 5.73 Å². The summed E-state index contributed by atoms with van der Waals surface area (Å²) in [5.74, 6) is -0.586. The van der Waals surface area contributed by atoms with E-state index in [9.17, 15) is 9.59 Å². The quantitative estimate of drug-likeness (QED) is 0.751. The molecule has 2 aromatic carbocycles. The van der Waals surface area contributed by atoms with Crippen LogP contribution in [0, 0.1) is 6.92 Å². The minimum Gasteiger partial charge on any atom is -0.366 e. The zero-order valence-corrected chi connectivity index (χ0v) is 16.6. The van der Waals surface area contributed by atoms with Gasteiger partial charge >= 0.3 is 0 Å². The van der Waals surface area contributed by atoms with E-state index >= 15 is 0 Å². The van der Waals surface area contributed by atoms with Crippen molar-refractivity contribution >= 4 is 17.5 Å². The maximum Gasteiger partial charge on any atom is 0.279 e. The number of rotatable bonds is 6. The summed E-state index contributed by atoms with van der Waals surface area (Å²) in [5.41, 5.74) is 8.49. The van der Waals surface area contributed by atoms with Gasteiger partial charge in [0.05, 0.1) is 24.3 Å². The van der Waals surface area contributed by atoms with Crippen molar-refractivity contribution in [1.82, 2.24) is 0 Å². The van der Waals surface area contributed by atoms with Crippen LogP contribution < -0.4 is 11.1 Å². The molecule has 0 radical (unpaired) electrons. The molecule has 1 saturated heterocycles. The molecule has 1 fully saturated rings. The molecule has 0 atom stereocenters. The molecular weight excluding hydrogens is 350 g/mol. The first kappa shape index (κ1) is 20.1. The van der Waals surface area contributed by atoms with Gasteiger partial charge in [0.15, 0.2) is 6.54 Å². The highest BCUT2D eigenvalue weighted by Gasteiger charge is 2.32. The topological polar surface area (TPSA) is 72.2 Å². The first-order chi connectivity index (χ1) is 13.5. The molecule has 5 heteroatoms. The zero-order chi connectivity index (χ0) is 20.0. The molecule has 0 aliphatic carbocycles. The highest BCUT2D eigenvalue weighted by atomic mass is 16.2. The molecule has 3 N–H and O–H groups in total. The summed E-state index contributed by atoms with van der Waals surface area (Å²) in [4.78, 5) is 24.8. The highest BCUT2D eigenvalue weighted by Crippen LogP contribution is 2.24. The molecule has 1 aliphatic rings. The number of carbonyl (C=O) groups is 2. The molecule has 0 spiro atoms. The summed E-state index contributed by atoms with van der Waals surface area (Å²) in [6.45, 7) is 5.13. The van der Waals surface area contributed by atoms with Crippen molar-refractivity contribution < 1.29 is 14.1 Å². The third-order valence-electron chi connectivity index (χ3n) is 5.66. The fourth-order valence-corrected chi connectivity index (χ4v) is 4.23. The average molecular weight is 381 g/mol. The summed E-state index contributed by atoms with van der Waals surface area (Å²) in [5, 5.41) is 2.98. The number of quaternary nitrogens is 1. The van der Waals surface area contributed by atoms with Gasteiger partial charge in [-0.2, -0.15) is 0 Å². The van der Waals surface area contributed by atoms with E-state index in [1.807, 2.05) is 19.1 Å². The van der Waals surface area contributed by atoms with Crippen LogP contribution in [0.25, 0.3) is 0 Å². The van der Waals surface area contributed by atoms with Crippen LogP contribution in [-0.4, -0.2) is 35.9 Å². The second-order valence-electron chi connectivity index (χ2n) is 7.91. The number of hydrogen-bond donors (Lipinski definition) is 2. The normalized spacial score (nSPS) is 16.2. The molecule has 1 heterocycles. The van der Waals surface area contributed by atoms with Gasteiger partial charge in [-0.05, 0) is 44.2 Å². The molecule has 2 amide bonds. The van der Waals surface area contributed by atoms with Crippen molar-refractivity contribution in [2.45, 2.75) is 39.2 Å². The summed E-state index contributed by atoms with van der Waals surface area (Å²) in [7, 11) is 0. The second-order valence-corrected chi connectivity index (χ2v) is 7.91. The van der Waals surface area contributed by atoms with Crippen LogP contribution in [-0.2, 0) is 11.3 Å². The first-order valence-electron chi connectivity index (χ1n) is 10.1. The van der Waals surface area contributed by atoms with Gasteiger partial charge in [-0.25, -0.2) is 0 Å². The Balaban J connectivity index is 1.81. The number of anilines is 1. The molecule has 148 valence electrons. The molecule has 5 nitrogen and oxygen atoms in total. The third-order valence-corrected chi connectivity index (χ3v) is 5.66. The van der Waals surface area contributed by atoms with Crippen LogP contribution in [0.5, 0.6) is 0 Å². The fourth-order valence-electron chi connectivity index (χ4n) is 4.23. The minimum atomic E-state index is -0.526. The smallest absolute Gasteiger partial charge is 0.279 e. The van der Waals surface area contributed by atoms with Gasteiger partial charge in [0.1, 0.15) is 6.54 Å². The molecule has 2 aromatic rings. The van der Waals surface area contributed by atoms with Crippen molar-refractivity contribution in [3.63, 3.8) is 0 Å². The third kappa shape index (κ3) is 4.98. The lowest BCUT2D eigenvalue weighted by Crippen LogP contribution is -2.52. The molecule has 3 rings (SSSR count). The van der Waals surface area contributed by atoms with Crippen LogP contribution in [0.1, 0.15) is 47.2 Å². The van der Waals surface area contributed by atoms with E-state index in [0.717, 1.165) is 42.5 Å². The van der Waals surface area contributed by atoms with Crippen LogP contribution in [0.4, 0.5) is 5.69 Å². The predicted octanol–water partition coefficient (Wildman–Crippen LogP) is 3.62. The van der Waals surface area contributed by atoms with E-state index < -0.39 is 5.91 Å². The lowest BCUT2D eigenvalue weighted by atomic mass is 10.1.